The number of carbonyl (C=O) groups is 3. The molecule has 4 atom stereocenters. The summed E-state index contributed by atoms with van der Waals surface area (Å²) in [6, 6.07) is 7.55. The van der Waals surface area contributed by atoms with Crippen LogP contribution in [0.2, 0.25) is 0 Å². The number of benzene rings is 2. The van der Waals surface area contributed by atoms with Gasteiger partial charge in [-0.3, -0.25) is 20.4 Å². The lowest BCUT2D eigenvalue weighted by Crippen LogP contribution is -2.45. The first-order valence-electron chi connectivity index (χ1n) is 17.4. The Morgan fingerprint density at radius 3 is 1.15 bits per heavy atom. The maximum absolute atomic E-state index is 13.2. The molecule has 0 bridgehead atoms. The van der Waals surface area contributed by atoms with E-state index >= 15 is 0 Å². The number of aliphatic hydroxyl groups excluding tert-OH is 4. The van der Waals surface area contributed by atoms with Crippen LogP contribution in [-0.2, 0) is 40.8 Å². The molecule has 0 spiro atoms. The smallest absolute Gasteiger partial charge is 0.377 e. The van der Waals surface area contributed by atoms with E-state index in [9.17, 15) is 24.6 Å². The molecule has 0 aliphatic carbocycles. The lowest BCUT2D eigenvalue weighted by atomic mass is 9.77. The van der Waals surface area contributed by atoms with Gasteiger partial charge in [-0.25, -0.2) is 4.79 Å². The van der Waals surface area contributed by atoms with Crippen LogP contribution in [0.15, 0.2) is 35.8 Å². The van der Waals surface area contributed by atoms with Crippen molar-refractivity contribution in [3.05, 3.63) is 69.2 Å². The van der Waals surface area contributed by atoms with Crippen LogP contribution < -0.4 is 10.9 Å². The van der Waals surface area contributed by atoms with Gasteiger partial charge in [0.15, 0.2) is 11.9 Å². The quantitative estimate of drug-likeness (QED) is 0.130. The van der Waals surface area contributed by atoms with Crippen molar-refractivity contribution in [1.82, 2.24) is 10.9 Å². The summed E-state index contributed by atoms with van der Waals surface area (Å²) >= 11 is 0. The van der Waals surface area contributed by atoms with Gasteiger partial charge in [0.25, 0.3) is 0 Å². The van der Waals surface area contributed by atoms with Crippen molar-refractivity contribution < 1.29 is 49.8 Å². The van der Waals surface area contributed by atoms with Crippen LogP contribution in [0.5, 0.6) is 11.5 Å². The zero-order valence-electron chi connectivity index (χ0n) is 33.1. The number of aliphatic hydroxyl groups is 4. The zero-order valence-corrected chi connectivity index (χ0v) is 33.1. The standard InChI is InChI=1S/C34H52N2O4.C6H8O6/c1-19(21-15-23(31(3,4)5)27(37)24(16-21)32(6,7)8)29(39)35-36-30(40)20(2)22-17-25(33(9,10)11)28(38)26(18-22)34(12,13)14;7-1-2(8)5-3(9)4(10)6(11)12-5/h15-20,37-38H,1-14H3,(H,35,39)(H,36,40);2,5,7-10H,1H2/t;2-,5+/m.0/s1. The molecule has 3 rings (SSSR count). The molecule has 2 aromatic rings. The lowest BCUT2D eigenvalue weighted by Gasteiger charge is -2.29. The van der Waals surface area contributed by atoms with Crippen molar-refractivity contribution in [1.29, 1.82) is 0 Å². The molecule has 8 N–H and O–H groups in total. The van der Waals surface area contributed by atoms with Crippen molar-refractivity contribution in [3.8, 4) is 11.5 Å². The highest BCUT2D eigenvalue weighted by Gasteiger charge is 2.39. The van der Waals surface area contributed by atoms with E-state index in [2.05, 4.69) is 15.6 Å². The molecule has 0 saturated heterocycles. The Morgan fingerprint density at radius 2 is 0.942 bits per heavy atom. The van der Waals surface area contributed by atoms with Gasteiger partial charge in [0, 0.05) is 0 Å². The van der Waals surface area contributed by atoms with Crippen molar-refractivity contribution >= 4 is 17.8 Å². The van der Waals surface area contributed by atoms with Crippen molar-refractivity contribution in [2.45, 2.75) is 143 Å². The summed E-state index contributed by atoms with van der Waals surface area (Å²) in [6.07, 6.45) is -2.78. The second-order valence-electron chi connectivity index (χ2n) is 17.7. The van der Waals surface area contributed by atoms with E-state index in [0.717, 1.165) is 33.4 Å². The van der Waals surface area contributed by atoms with Crippen LogP contribution >= 0.6 is 0 Å². The molecule has 12 nitrogen and oxygen atoms in total. The average Bonchev–Trinajstić information content (AvgIpc) is 3.27. The van der Waals surface area contributed by atoms with Crippen molar-refractivity contribution in [3.63, 3.8) is 0 Å². The van der Waals surface area contributed by atoms with Crippen molar-refractivity contribution in [2.24, 2.45) is 0 Å². The number of phenolic OH excluding ortho intramolecular Hbond substituents is 2. The molecule has 0 aromatic heterocycles. The van der Waals surface area contributed by atoms with Crippen LogP contribution in [0, 0.1) is 0 Å². The summed E-state index contributed by atoms with van der Waals surface area (Å²) in [5.74, 6) is -4.07. The molecule has 1 heterocycles. The van der Waals surface area contributed by atoms with Crippen LogP contribution in [0.1, 0.15) is 142 Å². The van der Waals surface area contributed by atoms with Gasteiger partial charge < -0.3 is 35.4 Å². The Labute approximate surface area is 307 Å². The monoisotopic (exact) mass is 728 g/mol. The van der Waals surface area contributed by atoms with Crippen LogP contribution in [-0.4, -0.2) is 67.2 Å². The maximum Gasteiger partial charge on any atom is 0.377 e. The summed E-state index contributed by atoms with van der Waals surface area (Å²) in [7, 11) is 0. The normalized spacial score (nSPS) is 17.1. The Kier molecular flexibility index (Phi) is 13.3. The summed E-state index contributed by atoms with van der Waals surface area (Å²) < 4.78 is 4.32. The molecule has 1 aliphatic rings. The molecule has 2 amide bonds. The van der Waals surface area contributed by atoms with Gasteiger partial charge in [-0.05, 0) is 68.9 Å². The molecule has 0 saturated carbocycles. The first kappa shape index (κ1) is 43.9. The van der Waals surface area contributed by atoms with Gasteiger partial charge in [0.1, 0.15) is 17.6 Å². The molecule has 0 radical (unpaired) electrons. The fourth-order valence-electron chi connectivity index (χ4n) is 5.57. The van der Waals surface area contributed by atoms with Crippen LogP contribution in [0.3, 0.4) is 0 Å². The Hall–Kier alpha value is -4.29. The summed E-state index contributed by atoms with van der Waals surface area (Å²) in [4.78, 5) is 36.9. The highest BCUT2D eigenvalue weighted by Crippen LogP contribution is 2.42. The van der Waals surface area contributed by atoms with E-state index in [1.807, 2.05) is 107 Å². The number of ether oxygens (including phenoxy) is 1. The second kappa shape index (κ2) is 15.8. The van der Waals surface area contributed by atoms with Crippen LogP contribution in [0.4, 0.5) is 0 Å². The van der Waals surface area contributed by atoms with E-state index in [4.69, 9.17) is 20.4 Å². The Balaban J connectivity index is 0.000000657. The lowest BCUT2D eigenvalue weighted by molar-refractivity contribution is -0.147. The van der Waals surface area contributed by atoms with Crippen LogP contribution in [0.25, 0.3) is 0 Å². The highest BCUT2D eigenvalue weighted by atomic mass is 16.6. The number of esters is 1. The molecule has 290 valence electrons. The number of hydrogen-bond donors (Lipinski definition) is 8. The van der Waals surface area contributed by atoms with Crippen molar-refractivity contribution in [2.75, 3.05) is 6.61 Å². The number of rotatable bonds is 6. The fourth-order valence-corrected chi connectivity index (χ4v) is 5.57. The fraction of sp³-hybridized carbons (Fsp3) is 0.575. The summed E-state index contributed by atoms with van der Waals surface area (Å²) in [5, 5.41) is 57.1. The van der Waals surface area contributed by atoms with Gasteiger partial charge >= 0.3 is 5.97 Å². The van der Waals surface area contributed by atoms with Gasteiger partial charge in [-0.15, -0.1) is 0 Å². The molecule has 1 aliphatic heterocycles. The van der Waals surface area contributed by atoms with E-state index in [-0.39, 0.29) is 45.0 Å². The molecular weight excluding hydrogens is 668 g/mol. The molecule has 12 heteroatoms. The predicted octanol–water partition coefficient (Wildman–Crippen LogP) is 5.94. The first-order chi connectivity index (χ1) is 23.4. The summed E-state index contributed by atoms with van der Waals surface area (Å²) in [6.45, 7) is 27.3. The number of hydrogen-bond acceptors (Lipinski definition) is 10. The minimum atomic E-state index is -1.42. The van der Waals surface area contributed by atoms with Gasteiger partial charge in [0.2, 0.25) is 17.6 Å². The van der Waals surface area contributed by atoms with Gasteiger partial charge in [-0.1, -0.05) is 107 Å². The maximum atomic E-state index is 13.2. The Bertz CT molecular complexity index is 1510. The largest absolute Gasteiger partial charge is 0.507 e. The number of nitrogens with one attached hydrogen (secondary N) is 2. The highest BCUT2D eigenvalue weighted by molar-refractivity contribution is 5.89. The van der Waals surface area contributed by atoms with E-state index in [1.54, 1.807) is 13.8 Å². The van der Waals surface area contributed by atoms with Gasteiger partial charge in [0.05, 0.1) is 18.4 Å². The minimum Gasteiger partial charge on any atom is -0.507 e. The van der Waals surface area contributed by atoms with E-state index < -0.39 is 48.1 Å². The Morgan fingerprint density at radius 1 is 0.654 bits per heavy atom. The number of carbonyl (C=O) groups excluding carboxylic acids is 3. The number of cyclic esters (lactones) is 1. The average molecular weight is 729 g/mol. The third-order valence-corrected chi connectivity index (χ3v) is 9.07. The van der Waals surface area contributed by atoms with Gasteiger partial charge in [-0.2, -0.15) is 0 Å². The second-order valence-corrected chi connectivity index (χ2v) is 17.7. The first-order valence-corrected chi connectivity index (χ1v) is 17.4. The minimum absolute atomic E-state index is 0.261. The number of amides is 2. The van der Waals surface area contributed by atoms with E-state index in [1.165, 1.54) is 0 Å². The third kappa shape index (κ3) is 10.2. The SMILES string of the molecule is CC(C(=O)NNC(=O)C(C)c1cc(C(C)(C)C)c(O)c(C(C)(C)C)c1)c1cc(C(C)(C)C)c(O)c(C(C)(C)C)c1.O=C1O[C@H]([C@@H](O)CO)C(O)=C1O. The zero-order chi connectivity index (χ0) is 40.5. The number of phenols is 2. The molecule has 0 fully saturated rings. The topological polar surface area (TPSA) is 206 Å². The van der Waals surface area contributed by atoms with E-state index in [0.29, 0.717) is 0 Å². The number of hydrazine groups is 1. The molecule has 52 heavy (non-hydrogen) atoms. The molecular formula is C40H60N2O10. The molecule has 2 unspecified atom stereocenters. The summed E-state index contributed by atoms with van der Waals surface area (Å²) in [5.41, 5.74) is 8.63. The third-order valence-electron chi connectivity index (χ3n) is 9.07. The number of aromatic hydroxyl groups is 2. The predicted molar refractivity (Wildman–Crippen MR) is 199 cm³/mol. The molecule has 2 aromatic carbocycles.